The predicted octanol–water partition coefficient (Wildman–Crippen LogP) is 1.97. The van der Waals surface area contributed by atoms with Gasteiger partial charge in [-0.2, -0.15) is 13.2 Å². The molecule has 1 aromatic carbocycles. The Morgan fingerprint density at radius 1 is 1.23 bits per heavy atom. The monoisotopic (exact) mass is 395 g/mol. The molecule has 1 saturated heterocycles. The van der Waals surface area contributed by atoms with Crippen molar-refractivity contribution in [2.75, 3.05) is 39.3 Å². The van der Waals surface area contributed by atoms with Crippen LogP contribution in [0.3, 0.4) is 0 Å². The Balaban J connectivity index is 0.00000338. The van der Waals surface area contributed by atoms with E-state index in [1.54, 1.807) is 0 Å². The molecule has 0 spiro atoms. The molecule has 2 rings (SSSR count). The number of carbonyl (C=O) groups excluding carboxylic acids is 1. The predicted molar refractivity (Wildman–Crippen MR) is 95.3 cm³/mol. The summed E-state index contributed by atoms with van der Waals surface area (Å²) in [5.74, 6) is -0.433. The van der Waals surface area contributed by atoms with Gasteiger partial charge in [0.25, 0.3) is 0 Å². The van der Waals surface area contributed by atoms with Gasteiger partial charge in [0.15, 0.2) is 0 Å². The minimum Gasteiger partial charge on any atom is -0.376 e. The van der Waals surface area contributed by atoms with Crippen molar-refractivity contribution in [2.45, 2.75) is 25.2 Å². The molecule has 1 heterocycles. The van der Waals surface area contributed by atoms with E-state index in [1.807, 2.05) is 30.3 Å². The Morgan fingerprint density at radius 2 is 1.88 bits per heavy atom. The highest BCUT2D eigenvalue weighted by atomic mass is 35.5. The molecular weight excluding hydrogens is 371 g/mol. The van der Waals surface area contributed by atoms with Crippen molar-refractivity contribution in [2.24, 2.45) is 0 Å². The second kappa shape index (κ2) is 11.4. The summed E-state index contributed by atoms with van der Waals surface area (Å²) in [5.41, 5.74) is 0.985. The van der Waals surface area contributed by atoms with Crippen LogP contribution in [0.25, 0.3) is 0 Å². The van der Waals surface area contributed by atoms with Gasteiger partial charge in [0.2, 0.25) is 5.91 Å². The minimum absolute atomic E-state index is 0. The molecule has 1 unspecified atom stereocenters. The molecule has 26 heavy (non-hydrogen) atoms. The van der Waals surface area contributed by atoms with Gasteiger partial charge in [-0.25, -0.2) is 0 Å². The highest BCUT2D eigenvalue weighted by Gasteiger charge is 2.43. The van der Waals surface area contributed by atoms with Crippen LogP contribution in [0.4, 0.5) is 13.2 Å². The first kappa shape index (κ1) is 22.7. The van der Waals surface area contributed by atoms with Gasteiger partial charge in [-0.3, -0.25) is 9.69 Å². The summed E-state index contributed by atoms with van der Waals surface area (Å²) in [5, 5.41) is 5.41. The summed E-state index contributed by atoms with van der Waals surface area (Å²) in [4.78, 5) is 13.1. The van der Waals surface area contributed by atoms with Gasteiger partial charge in [0, 0.05) is 39.1 Å². The molecule has 1 amide bonds. The molecule has 148 valence electrons. The first-order valence-electron chi connectivity index (χ1n) is 8.36. The summed E-state index contributed by atoms with van der Waals surface area (Å²) < 4.78 is 45.0. The standard InChI is InChI=1S/C17H24F3N3O2.ClH/c18-17(19,20)15(23-9-7-21-8-10-23)12-22-16(24)6-11-25-13-14-4-2-1-3-5-14;/h1-5,15,21H,6-13H2,(H,22,24);1H. The molecule has 5 nitrogen and oxygen atoms in total. The quantitative estimate of drug-likeness (QED) is 0.661. The van der Waals surface area contributed by atoms with Crippen molar-refractivity contribution in [3.63, 3.8) is 0 Å². The zero-order valence-electron chi connectivity index (χ0n) is 14.4. The van der Waals surface area contributed by atoms with Crippen LogP contribution in [0.2, 0.25) is 0 Å². The summed E-state index contributed by atoms with van der Waals surface area (Å²) in [6.45, 7) is 1.80. The summed E-state index contributed by atoms with van der Waals surface area (Å²) in [7, 11) is 0. The molecule has 0 aliphatic carbocycles. The third kappa shape index (κ3) is 7.90. The molecule has 1 fully saturated rings. The molecule has 0 radical (unpaired) electrons. The maximum absolute atomic E-state index is 13.2. The van der Waals surface area contributed by atoms with Gasteiger partial charge < -0.3 is 15.4 Å². The Kier molecular flexibility index (Phi) is 9.93. The number of amides is 1. The number of ether oxygens (including phenoxy) is 1. The first-order chi connectivity index (χ1) is 12.0. The van der Waals surface area contributed by atoms with E-state index in [0.29, 0.717) is 32.8 Å². The van der Waals surface area contributed by atoms with Crippen molar-refractivity contribution >= 4 is 18.3 Å². The maximum Gasteiger partial charge on any atom is 0.405 e. The van der Waals surface area contributed by atoms with E-state index < -0.39 is 24.7 Å². The molecule has 0 aromatic heterocycles. The second-order valence-electron chi connectivity index (χ2n) is 5.94. The van der Waals surface area contributed by atoms with Crippen LogP contribution in [-0.2, 0) is 16.1 Å². The molecule has 2 N–H and O–H groups in total. The number of nitrogens with one attached hydrogen (secondary N) is 2. The number of piperazine rings is 1. The van der Waals surface area contributed by atoms with Crippen LogP contribution in [0, 0.1) is 0 Å². The fourth-order valence-electron chi connectivity index (χ4n) is 2.67. The van der Waals surface area contributed by atoms with Crippen LogP contribution in [-0.4, -0.2) is 62.4 Å². The number of nitrogens with zero attached hydrogens (tertiary/aromatic N) is 1. The molecule has 1 aromatic rings. The van der Waals surface area contributed by atoms with E-state index >= 15 is 0 Å². The third-order valence-corrected chi connectivity index (χ3v) is 4.05. The van der Waals surface area contributed by atoms with Gasteiger partial charge in [-0.15, -0.1) is 12.4 Å². The van der Waals surface area contributed by atoms with E-state index in [9.17, 15) is 18.0 Å². The second-order valence-corrected chi connectivity index (χ2v) is 5.94. The van der Waals surface area contributed by atoms with Crippen LogP contribution < -0.4 is 10.6 Å². The Bertz CT molecular complexity index is 526. The summed E-state index contributed by atoms with van der Waals surface area (Å²) in [6, 6.07) is 7.83. The van der Waals surface area contributed by atoms with Gasteiger partial charge in [0.05, 0.1) is 13.2 Å². The van der Waals surface area contributed by atoms with Crippen molar-refractivity contribution in [3.8, 4) is 0 Å². The first-order valence-corrected chi connectivity index (χ1v) is 8.36. The Hall–Kier alpha value is -1.35. The molecule has 1 aliphatic rings. The van der Waals surface area contributed by atoms with Crippen LogP contribution in [0.15, 0.2) is 30.3 Å². The van der Waals surface area contributed by atoms with E-state index in [1.165, 1.54) is 4.90 Å². The molecule has 1 aliphatic heterocycles. The summed E-state index contributed by atoms with van der Waals surface area (Å²) in [6.07, 6.45) is -4.33. The minimum atomic E-state index is -4.37. The lowest BCUT2D eigenvalue weighted by Crippen LogP contribution is -2.57. The van der Waals surface area contributed by atoms with E-state index in [2.05, 4.69) is 10.6 Å². The highest BCUT2D eigenvalue weighted by Crippen LogP contribution is 2.24. The smallest absolute Gasteiger partial charge is 0.376 e. The van der Waals surface area contributed by atoms with Gasteiger partial charge in [-0.1, -0.05) is 30.3 Å². The largest absolute Gasteiger partial charge is 0.405 e. The van der Waals surface area contributed by atoms with Crippen LogP contribution in [0.5, 0.6) is 0 Å². The SMILES string of the molecule is Cl.O=C(CCOCc1ccccc1)NCC(N1CCNCC1)C(F)(F)F. The fourth-order valence-corrected chi connectivity index (χ4v) is 2.67. The maximum atomic E-state index is 13.2. The van der Waals surface area contributed by atoms with Crippen LogP contribution in [0.1, 0.15) is 12.0 Å². The zero-order chi connectivity index (χ0) is 18.1. The molecular formula is C17H25ClF3N3O2. The number of benzene rings is 1. The fraction of sp³-hybridized carbons (Fsp3) is 0.588. The van der Waals surface area contributed by atoms with E-state index in [0.717, 1.165) is 5.56 Å². The normalized spacial score (nSPS) is 16.6. The van der Waals surface area contributed by atoms with Crippen molar-refractivity contribution in [1.82, 2.24) is 15.5 Å². The molecule has 0 bridgehead atoms. The number of rotatable bonds is 8. The lowest BCUT2D eigenvalue weighted by molar-refractivity contribution is -0.184. The average molecular weight is 396 g/mol. The topological polar surface area (TPSA) is 53.6 Å². The zero-order valence-corrected chi connectivity index (χ0v) is 15.2. The van der Waals surface area contributed by atoms with Gasteiger partial charge in [-0.05, 0) is 5.56 Å². The number of hydrogen-bond acceptors (Lipinski definition) is 4. The number of halogens is 4. The van der Waals surface area contributed by atoms with Crippen molar-refractivity contribution < 1.29 is 22.7 Å². The van der Waals surface area contributed by atoms with E-state index in [4.69, 9.17) is 4.74 Å². The third-order valence-electron chi connectivity index (χ3n) is 4.05. The lowest BCUT2D eigenvalue weighted by Gasteiger charge is -2.35. The average Bonchev–Trinajstić information content (AvgIpc) is 2.59. The Morgan fingerprint density at radius 3 is 2.50 bits per heavy atom. The molecule has 0 saturated carbocycles. The number of hydrogen-bond donors (Lipinski definition) is 2. The molecule has 1 atom stereocenters. The van der Waals surface area contributed by atoms with Gasteiger partial charge >= 0.3 is 6.18 Å². The number of carbonyl (C=O) groups is 1. The van der Waals surface area contributed by atoms with Crippen molar-refractivity contribution in [1.29, 1.82) is 0 Å². The van der Waals surface area contributed by atoms with Crippen LogP contribution >= 0.6 is 12.4 Å². The Labute approximate surface area is 157 Å². The highest BCUT2D eigenvalue weighted by molar-refractivity contribution is 5.85. The van der Waals surface area contributed by atoms with Crippen molar-refractivity contribution in [3.05, 3.63) is 35.9 Å². The van der Waals surface area contributed by atoms with E-state index in [-0.39, 0.29) is 25.4 Å². The van der Waals surface area contributed by atoms with Gasteiger partial charge in [0.1, 0.15) is 6.04 Å². The lowest BCUT2D eigenvalue weighted by atomic mass is 10.2. The summed E-state index contributed by atoms with van der Waals surface area (Å²) >= 11 is 0. The number of alkyl halides is 3. The molecule has 9 heteroatoms.